The highest BCUT2D eigenvalue weighted by atomic mass is 32.2. The smallest absolute Gasteiger partial charge is 0.338 e. The predicted molar refractivity (Wildman–Crippen MR) is 80.9 cm³/mol. The maximum Gasteiger partial charge on any atom is 0.338 e. The number of hydrogen-bond acceptors (Lipinski definition) is 4. The second-order valence-electron chi connectivity index (χ2n) is 5.58. The van der Waals surface area contributed by atoms with Crippen LogP contribution in [0.1, 0.15) is 30.1 Å². The number of esters is 1. The van der Waals surface area contributed by atoms with Crippen LogP contribution >= 0.6 is 0 Å². The van der Waals surface area contributed by atoms with Gasteiger partial charge in [-0.15, -0.1) is 0 Å². The van der Waals surface area contributed by atoms with E-state index in [0.717, 1.165) is 19.1 Å². The highest BCUT2D eigenvalue weighted by molar-refractivity contribution is 7.90. The molecule has 0 heterocycles. The van der Waals surface area contributed by atoms with E-state index in [-0.39, 0.29) is 4.90 Å². The molecule has 1 aromatic rings. The summed E-state index contributed by atoms with van der Waals surface area (Å²) in [5, 5.41) is 0. The molecule has 0 radical (unpaired) electrons. The fourth-order valence-corrected chi connectivity index (χ4v) is 2.97. The Bertz CT molecular complexity index is 629. The van der Waals surface area contributed by atoms with Crippen LogP contribution in [0.5, 0.6) is 0 Å². The van der Waals surface area contributed by atoms with Crippen LogP contribution in [0.4, 0.5) is 0 Å². The summed E-state index contributed by atoms with van der Waals surface area (Å²) in [5.74, 6) is 0.460. The van der Waals surface area contributed by atoms with Crippen LogP contribution in [0.3, 0.4) is 0 Å². The van der Waals surface area contributed by atoms with Crippen LogP contribution in [-0.4, -0.2) is 27.2 Å². The van der Waals surface area contributed by atoms with Gasteiger partial charge in [-0.3, -0.25) is 0 Å². The molecular formula is C16H20O4S. The van der Waals surface area contributed by atoms with Gasteiger partial charge in [-0.2, -0.15) is 0 Å². The van der Waals surface area contributed by atoms with Crippen molar-refractivity contribution in [3.05, 3.63) is 42.0 Å². The Balaban J connectivity index is 1.96. The van der Waals surface area contributed by atoms with Gasteiger partial charge in [0.25, 0.3) is 0 Å². The van der Waals surface area contributed by atoms with E-state index in [0.29, 0.717) is 24.0 Å². The summed E-state index contributed by atoms with van der Waals surface area (Å²) in [7, 11) is -3.24. The molecule has 0 spiro atoms. The van der Waals surface area contributed by atoms with Crippen LogP contribution in [0.25, 0.3) is 0 Å². The van der Waals surface area contributed by atoms with Gasteiger partial charge in [0.1, 0.15) is 0 Å². The van der Waals surface area contributed by atoms with Crippen molar-refractivity contribution in [3.63, 3.8) is 0 Å². The number of benzene rings is 1. The lowest BCUT2D eigenvalue weighted by atomic mass is 9.85. The molecule has 21 heavy (non-hydrogen) atoms. The Morgan fingerprint density at radius 2 is 1.81 bits per heavy atom. The lowest BCUT2D eigenvalue weighted by Crippen LogP contribution is -2.21. The third-order valence-electron chi connectivity index (χ3n) is 3.86. The van der Waals surface area contributed by atoms with Gasteiger partial charge < -0.3 is 4.74 Å². The predicted octanol–water partition coefficient (Wildman–Crippen LogP) is 2.85. The Morgan fingerprint density at radius 1 is 1.19 bits per heavy atom. The van der Waals surface area contributed by atoms with Gasteiger partial charge in [0.05, 0.1) is 17.1 Å². The summed E-state index contributed by atoms with van der Waals surface area (Å²) in [5.41, 5.74) is 0.376. The molecule has 0 bridgehead atoms. The molecule has 0 saturated carbocycles. The maximum atomic E-state index is 12.0. The van der Waals surface area contributed by atoms with Crippen molar-refractivity contribution in [2.75, 3.05) is 12.9 Å². The van der Waals surface area contributed by atoms with Crippen LogP contribution in [0, 0.1) is 11.8 Å². The SMILES string of the molecule is CC1CC=CCC1COC(=O)c1ccc(S(C)(=O)=O)cc1. The minimum atomic E-state index is -3.24. The lowest BCUT2D eigenvalue weighted by molar-refractivity contribution is 0.0395. The zero-order valence-corrected chi connectivity index (χ0v) is 13.1. The fourth-order valence-electron chi connectivity index (χ4n) is 2.34. The summed E-state index contributed by atoms with van der Waals surface area (Å²) in [6, 6.07) is 5.83. The van der Waals surface area contributed by atoms with Gasteiger partial charge in [-0.05, 0) is 48.9 Å². The van der Waals surface area contributed by atoms with E-state index in [2.05, 4.69) is 19.1 Å². The topological polar surface area (TPSA) is 60.4 Å². The molecule has 1 aromatic carbocycles. The lowest BCUT2D eigenvalue weighted by Gasteiger charge is -2.24. The van der Waals surface area contributed by atoms with Crippen molar-refractivity contribution in [1.82, 2.24) is 0 Å². The van der Waals surface area contributed by atoms with E-state index >= 15 is 0 Å². The molecular weight excluding hydrogens is 288 g/mol. The second-order valence-corrected chi connectivity index (χ2v) is 7.59. The Kier molecular flexibility index (Phi) is 4.83. The van der Waals surface area contributed by atoms with E-state index in [9.17, 15) is 13.2 Å². The number of rotatable bonds is 4. The van der Waals surface area contributed by atoms with Crippen LogP contribution in [0.2, 0.25) is 0 Å². The van der Waals surface area contributed by atoms with E-state index in [1.165, 1.54) is 24.3 Å². The molecule has 0 amide bonds. The first-order chi connectivity index (χ1) is 9.88. The quantitative estimate of drug-likeness (QED) is 0.634. The summed E-state index contributed by atoms with van der Waals surface area (Å²) in [4.78, 5) is 12.2. The van der Waals surface area contributed by atoms with Crippen molar-refractivity contribution in [2.24, 2.45) is 11.8 Å². The minimum absolute atomic E-state index is 0.199. The molecule has 1 aliphatic carbocycles. The highest BCUT2D eigenvalue weighted by Crippen LogP contribution is 2.25. The standard InChI is InChI=1S/C16H20O4S/c1-12-5-3-4-6-14(12)11-20-16(17)13-7-9-15(10-8-13)21(2,18)19/h3-4,7-10,12,14H,5-6,11H2,1-2H3. The number of allylic oxidation sites excluding steroid dienone is 2. The molecule has 0 fully saturated rings. The van der Waals surface area contributed by atoms with E-state index in [1.54, 1.807) is 0 Å². The summed E-state index contributed by atoms with van der Waals surface area (Å²) < 4.78 is 28.1. The molecule has 4 nitrogen and oxygen atoms in total. The first kappa shape index (κ1) is 15.8. The third kappa shape index (κ3) is 4.17. The molecule has 114 valence electrons. The van der Waals surface area contributed by atoms with Gasteiger partial charge in [0.2, 0.25) is 0 Å². The Hall–Kier alpha value is -1.62. The summed E-state index contributed by atoms with van der Waals surface area (Å²) in [6.07, 6.45) is 7.37. The van der Waals surface area contributed by atoms with Crippen LogP contribution in [0.15, 0.2) is 41.3 Å². The average Bonchev–Trinajstić information content (AvgIpc) is 2.45. The van der Waals surface area contributed by atoms with E-state index < -0.39 is 15.8 Å². The van der Waals surface area contributed by atoms with Crippen LogP contribution < -0.4 is 0 Å². The number of carbonyl (C=O) groups excluding carboxylic acids is 1. The van der Waals surface area contributed by atoms with Crippen molar-refractivity contribution in [2.45, 2.75) is 24.7 Å². The monoisotopic (exact) mass is 308 g/mol. The fraction of sp³-hybridized carbons (Fsp3) is 0.438. The average molecular weight is 308 g/mol. The van der Waals surface area contributed by atoms with Gasteiger partial charge in [0, 0.05) is 6.26 Å². The zero-order chi connectivity index (χ0) is 15.5. The molecule has 1 aliphatic rings. The summed E-state index contributed by atoms with van der Waals surface area (Å²) in [6.45, 7) is 2.56. The molecule has 0 aliphatic heterocycles. The Labute approximate surface area is 125 Å². The molecule has 2 unspecified atom stereocenters. The van der Waals surface area contributed by atoms with E-state index in [1.807, 2.05) is 0 Å². The molecule has 0 N–H and O–H groups in total. The van der Waals surface area contributed by atoms with Crippen molar-refractivity contribution in [1.29, 1.82) is 0 Å². The number of ether oxygens (including phenoxy) is 1. The normalized spacial score (nSPS) is 22.0. The molecule has 0 saturated heterocycles. The van der Waals surface area contributed by atoms with Crippen molar-refractivity contribution < 1.29 is 17.9 Å². The second kappa shape index (κ2) is 6.43. The van der Waals surface area contributed by atoms with Gasteiger partial charge in [-0.1, -0.05) is 19.1 Å². The molecule has 2 rings (SSSR count). The first-order valence-corrected chi connectivity index (χ1v) is 8.89. The number of hydrogen-bond donors (Lipinski definition) is 0. The summed E-state index contributed by atoms with van der Waals surface area (Å²) >= 11 is 0. The van der Waals surface area contributed by atoms with Gasteiger partial charge >= 0.3 is 5.97 Å². The number of sulfone groups is 1. The van der Waals surface area contributed by atoms with Gasteiger partial charge in [-0.25, -0.2) is 13.2 Å². The van der Waals surface area contributed by atoms with Crippen molar-refractivity contribution >= 4 is 15.8 Å². The molecule has 5 heteroatoms. The number of carbonyl (C=O) groups is 1. The van der Waals surface area contributed by atoms with Crippen molar-refractivity contribution in [3.8, 4) is 0 Å². The zero-order valence-electron chi connectivity index (χ0n) is 12.3. The van der Waals surface area contributed by atoms with Gasteiger partial charge in [0.15, 0.2) is 9.84 Å². The third-order valence-corrected chi connectivity index (χ3v) is 4.99. The maximum absolute atomic E-state index is 12.0. The van der Waals surface area contributed by atoms with Crippen LogP contribution in [-0.2, 0) is 14.6 Å². The first-order valence-electron chi connectivity index (χ1n) is 7.00. The van der Waals surface area contributed by atoms with E-state index in [4.69, 9.17) is 4.74 Å². The largest absolute Gasteiger partial charge is 0.462 e. The molecule has 0 aromatic heterocycles. The molecule has 2 atom stereocenters. The minimum Gasteiger partial charge on any atom is -0.462 e. The Morgan fingerprint density at radius 3 is 2.38 bits per heavy atom. The highest BCUT2D eigenvalue weighted by Gasteiger charge is 2.20.